The molecule has 0 aromatic heterocycles. The molecule has 1 aliphatic heterocycles. The maximum absolute atomic E-state index is 10.4. The third-order valence-corrected chi connectivity index (χ3v) is 5.99. The molecule has 1 saturated carbocycles. The van der Waals surface area contributed by atoms with Crippen molar-refractivity contribution < 1.29 is 24.5 Å². The lowest BCUT2D eigenvalue weighted by Crippen LogP contribution is -2.37. The summed E-state index contributed by atoms with van der Waals surface area (Å²) in [7, 11) is 4.25. The summed E-state index contributed by atoms with van der Waals surface area (Å²) in [6.07, 6.45) is 9.49. The van der Waals surface area contributed by atoms with Crippen LogP contribution in [0, 0.1) is 0 Å². The standard InChI is InChI=1S/C19H26O2.C2H6O.CH4O.CH2O/c1-3-4-8-19(2)9-7-14-11-15(20)16-12-5-6-13(10-12)17(16)18(14)21-19;1-3-2;2*1-2/h11-13,20H,3-10H2,1-2H3;1-2H3;2H,1H3;1H2. The number of unbranched alkanes of at least 4 members (excludes halogenated alkanes) is 1. The first-order valence-corrected chi connectivity index (χ1v) is 10.2. The van der Waals surface area contributed by atoms with E-state index in [2.05, 4.69) is 18.6 Å². The van der Waals surface area contributed by atoms with E-state index in [-0.39, 0.29) is 5.60 Å². The largest absolute Gasteiger partial charge is 0.508 e. The van der Waals surface area contributed by atoms with Crippen LogP contribution < -0.4 is 4.74 Å². The summed E-state index contributed by atoms with van der Waals surface area (Å²) in [5, 5.41) is 17.4. The number of aliphatic hydroxyl groups excluding tert-OH is 1. The minimum Gasteiger partial charge on any atom is -0.508 e. The maximum atomic E-state index is 10.4. The molecule has 3 unspecified atom stereocenters. The van der Waals surface area contributed by atoms with Gasteiger partial charge in [0.2, 0.25) is 0 Å². The second-order valence-electron chi connectivity index (χ2n) is 7.98. The SMILES string of the molecule is C=O.CCCCC1(C)CCc2cc(O)c3c(c2O1)C1CCC3C1.CO.COC. The third kappa shape index (κ3) is 5.06. The smallest absolute Gasteiger partial charge is 0.127 e. The van der Waals surface area contributed by atoms with Crippen LogP contribution in [0.2, 0.25) is 0 Å². The predicted molar refractivity (Wildman–Crippen MR) is 113 cm³/mol. The van der Waals surface area contributed by atoms with Gasteiger partial charge in [-0.1, -0.05) is 13.3 Å². The molecule has 2 bridgehead atoms. The molecule has 2 aliphatic carbocycles. The highest BCUT2D eigenvalue weighted by molar-refractivity contribution is 5.60. The van der Waals surface area contributed by atoms with Crippen LogP contribution in [-0.2, 0) is 16.0 Å². The van der Waals surface area contributed by atoms with Crippen molar-refractivity contribution in [2.75, 3.05) is 21.3 Å². The fourth-order valence-corrected chi connectivity index (χ4v) is 4.81. The molecule has 5 nitrogen and oxygen atoms in total. The van der Waals surface area contributed by atoms with Crippen LogP contribution in [0.5, 0.6) is 11.5 Å². The van der Waals surface area contributed by atoms with Gasteiger partial charge < -0.3 is 24.5 Å². The molecule has 3 aliphatic rings. The fraction of sp³-hybridized carbons (Fsp3) is 0.696. The summed E-state index contributed by atoms with van der Waals surface area (Å²) in [6, 6.07) is 1.99. The third-order valence-electron chi connectivity index (χ3n) is 5.99. The number of fused-ring (bicyclic) bond motifs is 7. The van der Waals surface area contributed by atoms with E-state index in [1.54, 1.807) is 14.2 Å². The van der Waals surface area contributed by atoms with E-state index < -0.39 is 0 Å². The first-order valence-electron chi connectivity index (χ1n) is 10.2. The van der Waals surface area contributed by atoms with Gasteiger partial charge in [-0.25, -0.2) is 0 Å². The monoisotopic (exact) mass is 394 g/mol. The van der Waals surface area contributed by atoms with Gasteiger partial charge in [-0.3, -0.25) is 0 Å². The molecule has 0 saturated heterocycles. The Morgan fingerprint density at radius 2 is 1.79 bits per heavy atom. The Morgan fingerprint density at radius 1 is 1.21 bits per heavy atom. The van der Waals surface area contributed by atoms with Crippen molar-refractivity contribution in [3.8, 4) is 11.5 Å². The topological polar surface area (TPSA) is 76.0 Å². The van der Waals surface area contributed by atoms with Gasteiger partial charge >= 0.3 is 0 Å². The number of benzene rings is 1. The second-order valence-corrected chi connectivity index (χ2v) is 7.98. The number of phenols is 1. The molecule has 2 N–H and O–H groups in total. The number of carbonyl (C=O) groups excluding carboxylic acids is 1. The molecule has 4 rings (SSSR count). The summed E-state index contributed by atoms with van der Waals surface area (Å²) in [4.78, 5) is 8.00. The molecular formula is C23H38O5. The minimum atomic E-state index is -0.00438. The van der Waals surface area contributed by atoms with Crippen LogP contribution >= 0.6 is 0 Å². The van der Waals surface area contributed by atoms with Gasteiger partial charge in [0.05, 0.1) is 0 Å². The Bertz CT molecular complexity index is 616. The highest BCUT2D eigenvalue weighted by Gasteiger charge is 2.44. The number of rotatable bonds is 3. The van der Waals surface area contributed by atoms with E-state index in [1.807, 2.05) is 12.9 Å². The number of phenolic OH excluding ortho intramolecular Hbond substituents is 1. The van der Waals surface area contributed by atoms with Crippen LogP contribution in [0.1, 0.15) is 87.3 Å². The molecule has 3 atom stereocenters. The van der Waals surface area contributed by atoms with Crippen LogP contribution in [0.15, 0.2) is 6.07 Å². The summed E-state index contributed by atoms with van der Waals surface area (Å²) >= 11 is 0. The number of aliphatic hydroxyl groups is 1. The average molecular weight is 395 g/mol. The Balaban J connectivity index is 0.000000502. The minimum absolute atomic E-state index is 0.00438. The summed E-state index contributed by atoms with van der Waals surface area (Å²) < 4.78 is 10.8. The van der Waals surface area contributed by atoms with Crippen molar-refractivity contribution in [3.05, 3.63) is 22.8 Å². The van der Waals surface area contributed by atoms with Gasteiger partial charge in [-0.05, 0) is 75.3 Å². The zero-order valence-corrected chi connectivity index (χ0v) is 18.2. The number of carbonyl (C=O) groups is 1. The Hall–Kier alpha value is -1.59. The predicted octanol–water partition coefficient (Wildman–Crippen LogP) is 4.72. The summed E-state index contributed by atoms with van der Waals surface area (Å²) in [5.74, 6) is 2.92. The van der Waals surface area contributed by atoms with Gasteiger partial charge in [-0.2, -0.15) is 0 Å². The van der Waals surface area contributed by atoms with Crippen LogP contribution in [0.3, 0.4) is 0 Å². The van der Waals surface area contributed by atoms with E-state index >= 15 is 0 Å². The molecule has 0 amide bonds. The van der Waals surface area contributed by atoms with E-state index in [0.29, 0.717) is 17.6 Å². The number of hydrogen-bond acceptors (Lipinski definition) is 5. The van der Waals surface area contributed by atoms with Crippen LogP contribution in [0.4, 0.5) is 0 Å². The number of aryl methyl sites for hydroxylation is 1. The van der Waals surface area contributed by atoms with Crippen molar-refractivity contribution in [2.45, 2.75) is 82.7 Å². The molecule has 1 aromatic rings. The number of aromatic hydroxyl groups is 1. The molecule has 1 heterocycles. The van der Waals surface area contributed by atoms with E-state index in [4.69, 9.17) is 14.6 Å². The molecular weight excluding hydrogens is 356 g/mol. The Kier molecular flexibility index (Phi) is 9.97. The molecule has 0 spiro atoms. The van der Waals surface area contributed by atoms with Gasteiger partial charge in [0.15, 0.2) is 0 Å². The zero-order chi connectivity index (χ0) is 21.3. The first-order chi connectivity index (χ1) is 13.5. The molecule has 5 heteroatoms. The van der Waals surface area contributed by atoms with E-state index in [1.165, 1.54) is 48.8 Å². The van der Waals surface area contributed by atoms with Gasteiger partial charge in [0.1, 0.15) is 23.9 Å². The highest BCUT2D eigenvalue weighted by Crippen LogP contribution is 2.60. The van der Waals surface area contributed by atoms with E-state index in [9.17, 15) is 5.11 Å². The lowest BCUT2D eigenvalue weighted by molar-refractivity contribution is -0.0980. The molecule has 160 valence electrons. The van der Waals surface area contributed by atoms with Crippen molar-refractivity contribution >= 4 is 6.79 Å². The van der Waals surface area contributed by atoms with Gasteiger partial charge in [-0.15, -0.1) is 0 Å². The second kappa shape index (κ2) is 11.4. The Labute approximate surface area is 170 Å². The molecule has 1 aromatic carbocycles. The summed E-state index contributed by atoms with van der Waals surface area (Å²) in [6.45, 7) is 6.52. The van der Waals surface area contributed by atoms with Crippen molar-refractivity contribution in [2.24, 2.45) is 0 Å². The maximum Gasteiger partial charge on any atom is 0.127 e. The van der Waals surface area contributed by atoms with Gasteiger partial charge in [0.25, 0.3) is 0 Å². The van der Waals surface area contributed by atoms with Crippen molar-refractivity contribution in [1.82, 2.24) is 0 Å². The number of methoxy groups -OCH3 is 1. The summed E-state index contributed by atoms with van der Waals surface area (Å²) in [5.41, 5.74) is 3.84. The fourth-order valence-electron chi connectivity index (χ4n) is 4.81. The van der Waals surface area contributed by atoms with Crippen molar-refractivity contribution in [3.63, 3.8) is 0 Å². The van der Waals surface area contributed by atoms with Crippen LogP contribution in [-0.4, -0.2) is 43.9 Å². The lowest BCUT2D eigenvalue weighted by atomic mass is 9.83. The highest BCUT2D eigenvalue weighted by atomic mass is 16.5. The quantitative estimate of drug-likeness (QED) is 0.776. The van der Waals surface area contributed by atoms with E-state index in [0.717, 1.165) is 32.1 Å². The molecule has 28 heavy (non-hydrogen) atoms. The Morgan fingerprint density at radius 3 is 2.36 bits per heavy atom. The first kappa shape index (κ1) is 24.4. The average Bonchev–Trinajstić information content (AvgIpc) is 3.34. The van der Waals surface area contributed by atoms with Crippen molar-refractivity contribution in [1.29, 1.82) is 0 Å². The van der Waals surface area contributed by atoms with Gasteiger partial charge in [0, 0.05) is 32.5 Å². The molecule has 1 fully saturated rings. The number of hydrogen-bond donors (Lipinski definition) is 2. The molecule has 0 radical (unpaired) electrons. The normalized spacial score (nSPS) is 25.5. The zero-order valence-electron chi connectivity index (χ0n) is 18.2. The number of ether oxygens (including phenoxy) is 2. The lowest BCUT2D eigenvalue weighted by Gasteiger charge is -2.38. The van der Waals surface area contributed by atoms with Crippen LogP contribution in [0.25, 0.3) is 0 Å².